The third-order valence-electron chi connectivity index (χ3n) is 2.37. The van der Waals surface area contributed by atoms with Crippen LogP contribution in [0.5, 0.6) is 0 Å². The van der Waals surface area contributed by atoms with E-state index < -0.39 is 23.5 Å². The number of carbonyl (C=O) groups excluding carboxylic acids is 1. The van der Waals surface area contributed by atoms with Gasteiger partial charge in [-0.1, -0.05) is 0 Å². The summed E-state index contributed by atoms with van der Waals surface area (Å²) in [5.74, 6) is -2.10. The lowest BCUT2D eigenvalue weighted by Gasteiger charge is -2.10. The number of hydrogen-bond acceptors (Lipinski definition) is 3. The Morgan fingerprint density at radius 2 is 2.00 bits per heavy atom. The van der Waals surface area contributed by atoms with Gasteiger partial charge in [-0.15, -0.1) is 0 Å². The largest absolute Gasteiger partial charge is 0.419 e. The molecule has 106 valence electrons. The summed E-state index contributed by atoms with van der Waals surface area (Å²) in [4.78, 5) is 11.7. The summed E-state index contributed by atoms with van der Waals surface area (Å²) in [5.41, 5.74) is 3.61. The Morgan fingerprint density at radius 3 is 2.55 bits per heavy atom. The zero-order valence-electron chi connectivity index (χ0n) is 9.75. The van der Waals surface area contributed by atoms with Crippen molar-refractivity contribution >= 4 is 17.4 Å². The quantitative estimate of drug-likeness (QED) is 0.742. The van der Waals surface area contributed by atoms with Crippen molar-refractivity contribution in [3.8, 4) is 0 Å². The van der Waals surface area contributed by atoms with Crippen LogP contribution in [-0.2, 0) is 6.18 Å². The van der Waals surface area contributed by atoms with Crippen molar-refractivity contribution < 1.29 is 22.4 Å². The number of rotatable bonds is 2. The summed E-state index contributed by atoms with van der Waals surface area (Å²) in [6.45, 7) is 0. The molecule has 1 heterocycles. The summed E-state index contributed by atoms with van der Waals surface area (Å²) in [7, 11) is 0. The molecule has 5 nitrogen and oxygen atoms in total. The summed E-state index contributed by atoms with van der Waals surface area (Å²) >= 11 is 0. The number of anilines is 2. The number of benzene rings is 1. The first-order valence-electron chi connectivity index (χ1n) is 5.26. The maximum atomic E-state index is 13.1. The number of H-pyrrole nitrogens is 1. The Balaban J connectivity index is 2.24. The number of amides is 1. The van der Waals surface area contributed by atoms with E-state index in [1.807, 2.05) is 0 Å². The Bertz CT molecular complexity index is 650. The standard InChI is InChI=1S/C11H8F4N4O/c12-7-2-1-5(3-6(7)11(13,14)15)17-10(20)8-4-9(16)19-18-8/h1-4H,(H,17,20)(H3,16,18,19). The van der Waals surface area contributed by atoms with Crippen LogP contribution in [0.4, 0.5) is 29.1 Å². The highest BCUT2D eigenvalue weighted by atomic mass is 19.4. The lowest BCUT2D eigenvalue weighted by atomic mass is 10.1. The Labute approximate surface area is 109 Å². The molecular weight excluding hydrogens is 280 g/mol. The van der Waals surface area contributed by atoms with Gasteiger partial charge in [-0.2, -0.15) is 18.3 Å². The number of aromatic nitrogens is 2. The highest BCUT2D eigenvalue weighted by Gasteiger charge is 2.34. The monoisotopic (exact) mass is 288 g/mol. The molecule has 4 N–H and O–H groups in total. The van der Waals surface area contributed by atoms with Gasteiger partial charge in [0.15, 0.2) is 0 Å². The molecule has 0 aliphatic heterocycles. The van der Waals surface area contributed by atoms with Gasteiger partial charge in [0.1, 0.15) is 17.3 Å². The van der Waals surface area contributed by atoms with Crippen molar-refractivity contribution in [2.45, 2.75) is 6.18 Å². The minimum atomic E-state index is -4.84. The average molecular weight is 288 g/mol. The molecule has 0 spiro atoms. The van der Waals surface area contributed by atoms with Crippen LogP contribution in [-0.4, -0.2) is 16.1 Å². The van der Waals surface area contributed by atoms with E-state index >= 15 is 0 Å². The van der Waals surface area contributed by atoms with Gasteiger partial charge in [0.2, 0.25) is 0 Å². The molecule has 2 rings (SSSR count). The zero-order valence-corrected chi connectivity index (χ0v) is 9.75. The van der Waals surface area contributed by atoms with Gasteiger partial charge >= 0.3 is 6.18 Å². The maximum Gasteiger partial charge on any atom is 0.419 e. The number of carbonyl (C=O) groups is 1. The first-order valence-corrected chi connectivity index (χ1v) is 5.26. The Kier molecular flexibility index (Phi) is 3.35. The second kappa shape index (κ2) is 4.83. The second-order valence-electron chi connectivity index (χ2n) is 3.85. The van der Waals surface area contributed by atoms with Gasteiger partial charge in [-0.25, -0.2) is 4.39 Å². The number of nitrogen functional groups attached to an aromatic ring is 1. The lowest BCUT2D eigenvalue weighted by molar-refractivity contribution is -0.139. The lowest BCUT2D eigenvalue weighted by Crippen LogP contribution is -2.14. The molecule has 1 amide bonds. The van der Waals surface area contributed by atoms with E-state index in [4.69, 9.17) is 5.73 Å². The van der Waals surface area contributed by atoms with E-state index in [-0.39, 0.29) is 17.2 Å². The van der Waals surface area contributed by atoms with Gasteiger partial charge in [0.05, 0.1) is 5.56 Å². The van der Waals surface area contributed by atoms with Gasteiger partial charge < -0.3 is 11.1 Å². The van der Waals surface area contributed by atoms with Crippen molar-refractivity contribution in [3.63, 3.8) is 0 Å². The molecule has 0 bridgehead atoms. The van der Waals surface area contributed by atoms with Crippen LogP contribution in [0.25, 0.3) is 0 Å². The normalized spacial score (nSPS) is 11.4. The highest BCUT2D eigenvalue weighted by Crippen LogP contribution is 2.33. The smallest absolute Gasteiger partial charge is 0.382 e. The molecule has 0 atom stereocenters. The van der Waals surface area contributed by atoms with E-state index in [2.05, 4.69) is 15.5 Å². The van der Waals surface area contributed by atoms with Crippen molar-refractivity contribution in [2.75, 3.05) is 11.1 Å². The summed E-state index contributed by atoms with van der Waals surface area (Å²) in [6, 6.07) is 3.36. The number of halogens is 4. The highest BCUT2D eigenvalue weighted by molar-refractivity contribution is 6.03. The van der Waals surface area contributed by atoms with Gasteiger partial charge in [-0.05, 0) is 18.2 Å². The molecule has 0 saturated heterocycles. The van der Waals surface area contributed by atoms with Crippen molar-refractivity contribution in [1.29, 1.82) is 0 Å². The van der Waals surface area contributed by atoms with Gasteiger partial charge in [0.25, 0.3) is 5.91 Å². The van der Waals surface area contributed by atoms with Crippen LogP contribution in [0, 0.1) is 5.82 Å². The molecule has 1 aromatic carbocycles. The van der Waals surface area contributed by atoms with Crippen molar-refractivity contribution in [2.24, 2.45) is 0 Å². The topological polar surface area (TPSA) is 83.8 Å². The van der Waals surface area contributed by atoms with Crippen molar-refractivity contribution in [1.82, 2.24) is 10.2 Å². The average Bonchev–Trinajstić information content (AvgIpc) is 2.77. The molecular formula is C11H8F4N4O. The van der Waals surface area contributed by atoms with E-state index in [1.54, 1.807) is 0 Å². The van der Waals surface area contributed by atoms with E-state index in [9.17, 15) is 22.4 Å². The van der Waals surface area contributed by atoms with Crippen LogP contribution >= 0.6 is 0 Å². The van der Waals surface area contributed by atoms with Crippen LogP contribution < -0.4 is 11.1 Å². The van der Waals surface area contributed by atoms with Crippen LogP contribution in [0.2, 0.25) is 0 Å². The third-order valence-corrected chi connectivity index (χ3v) is 2.37. The summed E-state index contributed by atoms with van der Waals surface area (Å²) in [5, 5.41) is 7.98. The minimum absolute atomic E-state index is 0.0274. The molecule has 0 aliphatic rings. The van der Waals surface area contributed by atoms with E-state index in [0.29, 0.717) is 12.1 Å². The third kappa shape index (κ3) is 2.87. The van der Waals surface area contributed by atoms with Crippen LogP contribution in [0.15, 0.2) is 24.3 Å². The molecule has 0 aliphatic carbocycles. The summed E-state index contributed by atoms with van der Waals surface area (Å²) in [6.07, 6.45) is -4.84. The Hall–Kier alpha value is -2.58. The van der Waals surface area contributed by atoms with Crippen molar-refractivity contribution in [3.05, 3.63) is 41.3 Å². The molecule has 0 unspecified atom stereocenters. The minimum Gasteiger partial charge on any atom is -0.382 e. The zero-order chi connectivity index (χ0) is 14.9. The molecule has 9 heteroatoms. The van der Waals surface area contributed by atoms with Gasteiger partial charge in [-0.3, -0.25) is 9.89 Å². The van der Waals surface area contributed by atoms with E-state index in [1.165, 1.54) is 6.07 Å². The van der Waals surface area contributed by atoms with Crippen LogP contribution in [0.3, 0.4) is 0 Å². The molecule has 1 aromatic heterocycles. The number of nitrogens with zero attached hydrogens (tertiary/aromatic N) is 1. The molecule has 0 fully saturated rings. The van der Waals surface area contributed by atoms with Crippen LogP contribution in [0.1, 0.15) is 16.1 Å². The summed E-state index contributed by atoms with van der Waals surface area (Å²) < 4.78 is 50.6. The number of nitrogens with two attached hydrogens (primary N) is 1. The molecule has 0 saturated carbocycles. The number of aromatic amines is 1. The molecule has 0 radical (unpaired) electrons. The number of hydrogen-bond donors (Lipinski definition) is 3. The fourth-order valence-corrected chi connectivity index (χ4v) is 1.47. The molecule has 20 heavy (non-hydrogen) atoms. The SMILES string of the molecule is Nc1cc(C(=O)Nc2ccc(F)c(C(F)(F)F)c2)[nH]n1. The Morgan fingerprint density at radius 1 is 1.30 bits per heavy atom. The van der Waals surface area contributed by atoms with Gasteiger partial charge in [0, 0.05) is 11.8 Å². The maximum absolute atomic E-state index is 13.1. The first-order chi connectivity index (χ1) is 9.27. The fourth-order valence-electron chi connectivity index (χ4n) is 1.47. The number of alkyl halides is 3. The predicted molar refractivity (Wildman–Crippen MR) is 62.4 cm³/mol. The molecule has 2 aromatic rings. The van der Waals surface area contributed by atoms with E-state index in [0.717, 1.165) is 6.07 Å². The number of nitrogens with one attached hydrogen (secondary N) is 2. The second-order valence-corrected chi connectivity index (χ2v) is 3.85. The first kappa shape index (κ1) is 13.8. The fraction of sp³-hybridized carbons (Fsp3) is 0.0909. The predicted octanol–water partition coefficient (Wildman–Crippen LogP) is 2.40.